The first-order chi connectivity index (χ1) is 16.0. The Kier molecular flexibility index (Phi) is 6.53. The average Bonchev–Trinajstić information content (AvgIpc) is 3.42. The molecule has 13 heteroatoms. The van der Waals surface area contributed by atoms with Crippen LogP contribution in [0.5, 0.6) is 0 Å². The molecule has 0 radical (unpaired) electrons. The van der Waals surface area contributed by atoms with Crippen LogP contribution in [0.2, 0.25) is 0 Å². The molecule has 0 spiro atoms. The SMILES string of the molecule is Cc1c(C(=O)C(=O)N[C@](C)(c2cn[nH]n2)C(F)F)cn(C)c1C(=O)Nc1ccc(F)c(C#N)c1. The Labute approximate surface area is 190 Å². The van der Waals surface area contributed by atoms with E-state index in [1.807, 2.05) is 5.32 Å². The van der Waals surface area contributed by atoms with Gasteiger partial charge in [0.2, 0.25) is 0 Å². The third kappa shape index (κ3) is 4.38. The molecule has 0 aliphatic rings. The van der Waals surface area contributed by atoms with Gasteiger partial charge in [0.1, 0.15) is 28.8 Å². The minimum Gasteiger partial charge on any atom is -0.346 e. The lowest BCUT2D eigenvalue weighted by molar-refractivity contribution is -0.121. The van der Waals surface area contributed by atoms with E-state index in [2.05, 4.69) is 20.7 Å². The van der Waals surface area contributed by atoms with E-state index in [1.54, 1.807) is 6.07 Å². The lowest BCUT2D eigenvalue weighted by atomic mass is 9.98. The summed E-state index contributed by atoms with van der Waals surface area (Å²) in [6, 6.07) is 5.06. The van der Waals surface area contributed by atoms with E-state index in [0.29, 0.717) is 0 Å². The summed E-state index contributed by atoms with van der Waals surface area (Å²) in [5, 5.41) is 22.6. The summed E-state index contributed by atoms with van der Waals surface area (Å²) in [6.45, 7) is 2.40. The number of carbonyl (C=O) groups excluding carboxylic acids is 3. The number of alkyl halides is 2. The van der Waals surface area contributed by atoms with Crippen molar-refractivity contribution in [2.75, 3.05) is 5.32 Å². The Balaban J connectivity index is 1.85. The van der Waals surface area contributed by atoms with Crippen LogP contribution in [0.15, 0.2) is 30.6 Å². The molecule has 3 rings (SSSR count). The number of amides is 2. The maximum atomic E-state index is 13.7. The molecule has 3 aromatic rings. The van der Waals surface area contributed by atoms with Crippen molar-refractivity contribution in [1.29, 1.82) is 5.26 Å². The number of nitriles is 1. The van der Waals surface area contributed by atoms with E-state index in [9.17, 15) is 27.6 Å². The maximum absolute atomic E-state index is 13.7. The lowest BCUT2D eigenvalue weighted by Crippen LogP contribution is -2.51. The molecule has 1 aromatic carbocycles. The van der Waals surface area contributed by atoms with Crippen molar-refractivity contribution in [3.8, 4) is 6.07 Å². The standard InChI is InChI=1S/C21H18F3N7O3/c1-10-13(17(32)19(34)28-21(2,20(23)24)15-8-26-30-29-15)9-31(3)16(10)18(33)27-12-4-5-14(22)11(6-12)7-25/h4-6,8-9,20H,1-3H3,(H,27,33)(H,28,34)(H,26,29,30)/t21-/m1/s1. The predicted octanol–water partition coefficient (Wildman–Crippen LogP) is 2.19. The summed E-state index contributed by atoms with van der Waals surface area (Å²) in [7, 11) is 1.45. The van der Waals surface area contributed by atoms with Gasteiger partial charge in [-0.25, -0.2) is 13.2 Å². The predicted molar refractivity (Wildman–Crippen MR) is 111 cm³/mol. The fourth-order valence-electron chi connectivity index (χ4n) is 3.28. The molecular formula is C21H18F3N7O3. The summed E-state index contributed by atoms with van der Waals surface area (Å²) in [6.07, 6.45) is -0.894. The highest BCUT2D eigenvalue weighted by Gasteiger charge is 2.42. The number of halogens is 3. The number of aryl methyl sites for hydroxylation is 1. The van der Waals surface area contributed by atoms with Gasteiger partial charge in [-0.05, 0) is 37.6 Å². The molecule has 3 N–H and O–H groups in total. The number of rotatable bonds is 7. The molecule has 0 saturated carbocycles. The number of Topliss-reactive ketones (excluding diaryl/α,β-unsaturated/α-hetero) is 1. The second kappa shape index (κ2) is 9.18. The van der Waals surface area contributed by atoms with Gasteiger partial charge in [0, 0.05) is 24.5 Å². The van der Waals surface area contributed by atoms with Crippen molar-refractivity contribution in [3.63, 3.8) is 0 Å². The third-order valence-corrected chi connectivity index (χ3v) is 5.20. The zero-order valence-electron chi connectivity index (χ0n) is 18.1. The molecule has 0 fully saturated rings. The molecule has 0 unspecified atom stereocenters. The normalized spacial score (nSPS) is 12.6. The monoisotopic (exact) mass is 473 g/mol. The van der Waals surface area contributed by atoms with Crippen molar-refractivity contribution < 1.29 is 27.6 Å². The van der Waals surface area contributed by atoms with Gasteiger partial charge in [-0.2, -0.15) is 20.7 Å². The number of carbonyl (C=O) groups is 3. The number of ketones is 1. The molecule has 2 heterocycles. The molecule has 10 nitrogen and oxygen atoms in total. The highest BCUT2D eigenvalue weighted by atomic mass is 19.3. The van der Waals surface area contributed by atoms with Gasteiger partial charge < -0.3 is 15.2 Å². The molecular weight excluding hydrogens is 455 g/mol. The maximum Gasteiger partial charge on any atom is 0.293 e. The number of aromatic amines is 1. The van der Waals surface area contributed by atoms with Crippen LogP contribution in [0.3, 0.4) is 0 Å². The van der Waals surface area contributed by atoms with E-state index < -0.39 is 35.4 Å². The molecule has 2 aromatic heterocycles. The van der Waals surface area contributed by atoms with Crippen molar-refractivity contribution in [3.05, 3.63) is 64.5 Å². The van der Waals surface area contributed by atoms with E-state index in [0.717, 1.165) is 25.3 Å². The first-order valence-electron chi connectivity index (χ1n) is 9.67. The number of hydrogen-bond donors (Lipinski definition) is 3. The molecule has 1 atom stereocenters. The topological polar surface area (TPSA) is 146 Å². The van der Waals surface area contributed by atoms with Crippen LogP contribution in [0, 0.1) is 24.1 Å². The van der Waals surface area contributed by atoms with Gasteiger partial charge in [-0.15, -0.1) is 0 Å². The summed E-state index contributed by atoms with van der Waals surface area (Å²) in [4.78, 5) is 38.1. The number of H-pyrrole nitrogens is 1. The van der Waals surface area contributed by atoms with Gasteiger partial charge in [0.25, 0.3) is 24.0 Å². The van der Waals surface area contributed by atoms with Gasteiger partial charge in [0.05, 0.1) is 11.8 Å². The van der Waals surface area contributed by atoms with Gasteiger partial charge >= 0.3 is 0 Å². The zero-order chi connectivity index (χ0) is 25.2. The highest BCUT2D eigenvalue weighted by molar-refractivity contribution is 6.43. The zero-order valence-corrected chi connectivity index (χ0v) is 18.1. The highest BCUT2D eigenvalue weighted by Crippen LogP contribution is 2.26. The Hall–Kier alpha value is -4.47. The van der Waals surface area contributed by atoms with Crippen LogP contribution in [-0.4, -0.2) is 44.0 Å². The summed E-state index contributed by atoms with van der Waals surface area (Å²) >= 11 is 0. The molecule has 0 aliphatic heterocycles. The molecule has 0 aliphatic carbocycles. The Morgan fingerprint density at radius 1 is 1.29 bits per heavy atom. The van der Waals surface area contributed by atoms with E-state index >= 15 is 0 Å². The number of anilines is 1. The molecule has 2 amide bonds. The number of aromatic nitrogens is 4. The van der Waals surface area contributed by atoms with Crippen LogP contribution < -0.4 is 10.6 Å². The largest absolute Gasteiger partial charge is 0.346 e. The van der Waals surface area contributed by atoms with E-state index in [4.69, 9.17) is 5.26 Å². The van der Waals surface area contributed by atoms with E-state index in [-0.39, 0.29) is 33.8 Å². The van der Waals surface area contributed by atoms with Crippen LogP contribution in [-0.2, 0) is 17.4 Å². The average molecular weight is 473 g/mol. The lowest BCUT2D eigenvalue weighted by Gasteiger charge is -2.27. The van der Waals surface area contributed by atoms with Crippen LogP contribution >= 0.6 is 0 Å². The minimum atomic E-state index is -3.11. The van der Waals surface area contributed by atoms with Crippen LogP contribution in [0.4, 0.5) is 18.9 Å². The van der Waals surface area contributed by atoms with Gasteiger partial charge in [0.15, 0.2) is 0 Å². The van der Waals surface area contributed by atoms with Crippen LogP contribution in [0.25, 0.3) is 0 Å². The van der Waals surface area contributed by atoms with Crippen LogP contribution in [0.1, 0.15) is 44.6 Å². The van der Waals surface area contributed by atoms with Crippen molar-refractivity contribution >= 4 is 23.3 Å². The Morgan fingerprint density at radius 3 is 2.59 bits per heavy atom. The molecule has 0 saturated heterocycles. The second-order valence-electron chi connectivity index (χ2n) is 7.53. The minimum absolute atomic E-state index is 0.00731. The summed E-state index contributed by atoms with van der Waals surface area (Å²) < 4.78 is 42.2. The third-order valence-electron chi connectivity index (χ3n) is 5.20. The first kappa shape index (κ1) is 24.2. The van der Waals surface area contributed by atoms with Crippen molar-refractivity contribution in [2.45, 2.75) is 25.8 Å². The summed E-state index contributed by atoms with van der Waals surface area (Å²) in [5.74, 6) is -3.93. The van der Waals surface area contributed by atoms with Gasteiger partial charge in [-0.1, -0.05) is 0 Å². The second-order valence-corrected chi connectivity index (χ2v) is 7.53. The van der Waals surface area contributed by atoms with Gasteiger partial charge in [-0.3, -0.25) is 14.4 Å². The van der Waals surface area contributed by atoms with E-state index in [1.165, 1.54) is 30.8 Å². The number of hydrogen-bond acceptors (Lipinski definition) is 6. The number of nitrogens with one attached hydrogen (secondary N) is 3. The molecule has 34 heavy (non-hydrogen) atoms. The Bertz CT molecular complexity index is 1310. The van der Waals surface area contributed by atoms with Crippen molar-refractivity contribution in [2.24, 2.45) is 7.05 Å². The number of nitrogens with zero attached hydrogens (tertiary/aromatic N) is 4. The number of benzene rings is 1. The Morgan fingerprint density at radius 2 is 2.00 bits per heavy atom. The fraction of sp³-hybridized carbons (Fsp3) is 0.238. The molecule has 176 valence electrons. The smallest absolute Gasteiger partial charge is 0.293 e. The van der Waals surface area contributed by atoms with Crippen molar-refractivity contribution in [1.82, 2.24) is 25.3 Å². The summed E-state index contributed by atoms with van der Waals surface area (Å²) in [5.41, 5.74) is -2.78. The molecule has 0 bridgehead atoms. The fourth-order valence-corrected chi connectivity index (χ4v) is 3.28. The quantitative estimate of drug-likeness (QED) is 0.354. The first-order valence-corrected chi connectivity index (χ1v) is 9.67.